The van der Waals surface area contributed by atoms with Crippen molar-refractivity contribution in [2.75, 3.05) is 0 Å². The number of rotatable bonds is 2. The van der Waals surface area contributed by atoms with Gasteiger partial charge >= 0.3 is 0 Å². The van der Waals surface area contributed by atoms with Crippen molar-refractivity contribution in [2.45, 2.75) is 13.5 Å². The molecule has 0 unspecified atom stereocenters. The molecule has 4 heteroatoms. The maximum atomic E-state index is 13.3. The number of hydrogen-bond acceptors (Lipinski definition) is 2. The quantitative estimate of drug-likeness (QED) is 0.724. The van der Waals surface area contributed by atoms with Gasteiger partial charge in [-0.15, -0.1) is 5.10 Å². The first-order chi connectivity index (χ1) is 6.75. The molecule has 2 aromatic rings. The van der Waals surface area contributed by atoms with Crippen molar-refractivity contribution in [3.05, 3.63) is 47.5 Å². The maximum absolute atomic E-state index is 13.3. The molecular formula is C10H10FN3. The molecule has 1 aromatic heterocycles. The van der Waals surface area contributed by atoms with Crippen LogP contribution >= 0.6 is 0 Å². The summed E-state index contributed by atoms with van der Waals surface area (Å²) in [6.07, 6.45) is 3.29. The summed E-state index contributed by atoms with van der Waals surface area (Å²) in [5, 5.41) is 7.44. The molecule has 0 aliphatic carbocycles. The molecule has 0 radical (unpaired) electrons. The molecular weight excluding hydrogens is 181 g/mol. The van der Waals surface area contributed by atoms with Crippen molar-refractivity contribution in [1.29, 1.82) is 0 Å². The maximum Gasteiger partial charge on any atom is 0.128 e. The first-order valence-corrected chi connectivity index (χ1v) is 4.35. The minimum atomic E-state index is -0.203. The van der Waals surface area contributed by atoms with E-state index in [-0.39, 0.29) is 5.82 Å². The van der Waals surface area contributed by atoms with Gasteiger partial charge in [-0.25, -0.2) is 9.07 Å². The largest absolute Gasteiger partial charge is 0.248 e. The van der Waals surface area contributed by atoms with Crippen LogP contribution in [0.3, 0.4) is 0 Å². The fourth-order valence-corrected chi connectivity index (χ4v) is 1.32. The highest BCUT2D eigenvalue weighted by atomic mass is 19.1. The molecule has 1 heterocycles. The molecule has 0 spiro atoms. The fourth-order valence-electron chi connectivity index (χ4n) is 1.32. The van der Waals surface area contributed by atoms with Crippen LogP contribution in [-0.4, -0.2) is 15.0 Å². The molecule has 0 saturated carbocycles. The molecule has 0 aliphatic rings. The number of nitrogens with zero attached hydrogens (tertiary/aromatic N) is 3. The molecule has 0 aliphatic heterocycles. The van der Waals surface area contributed by atoms with Gasteiger partial charge in [0.2, 0.25) is 0 Å². The van der Waals surface area contributed by atoms with Crippen LogP contribution in [0.25, 0.3) is 0 Å². The number of aromatic nitrogens is 3. The van der Waals surface area contributed by atoms with Gasteiger partial charge in [-0.1, -0.05) is 22.9 Å². The highest BCUT2D eigenvalue weighted by Gasteiger charge is 2.02. The molecule has 14 heavy (non-hydrogen) atoms. The van der Waals surface area contributed by atoms with Crippen LogP contribution in [0, 0.1) is 12.7 Å². The molecule has 0 N–H and O–H groups in total. The van der Waals surface area contributed by atoms with Gasteiger partial charge < -0.3 is 0 Å². The third-order valence-electron chi connectivity index (χ3n) is 2.01. The summed E-state index contributed by atoms with van der Waals surface area (Å²) >= 11 is 0. The Morgan fingerprint density at radius 2 is 2.29 bits per heavy atom. The summed E-state index contributed by atoms with van der Waals surface area (Å²) in [7, 11) is 0. The number of hydrogen-bond donors (Lipinski definition) is 0. The van der Waals surface area contributed by atoms with Gasteiger partial charge in [0.05, 0.1) is 12.7 Å². The number of benzene rings is 1. The Labute approximate surface area is 81.2 Å². The second-order valence-electron chi connectivity index (χ2n) is 3.20. The molecule has 0 bridgehead atoms. The molecule has 3 nitrogen and oxygen atoms in total. The Hall–Kier alpha value is -1.71. The average Bonchev–Trinajstić information content (AvgIpc) is 2.64. The SMILES string of the molecule is Cc1ccc(F)c(Cn2ccnn2)c1. The molecule has 2 rings (SSSR count). The van der Waals surface area contributed by atoms with Crippen LogP contribution in [0.1, 0.15) is 11.1 Å². The topological polar surface area (TPSA) is 30.7 Å². The van der Waals surface area contributed by atoms with Crippen LogP contribution in [0.4, 0.5) is 4.39 Å². The van der Waals surface area contributed by atoms with E-state index in [2.05, 4.69) is 10.3 Å². The first-order valence-electron chi connectivity index (χ1n) is 4.35. The molecule has 0 fully saturated rings. The summed E-state index contributed by atoms with van der Waals surface area (Å²) in [6.45, 7) is 2.36. The van der Waals surface area contributed by atoms with Gasteiger partial charge in [0, 0.05) is 11.8 Å². The number of aryl methyl sites for hydroxylation is 1. The Kier molecular flexibility index (Phi) is 2.26. The van der Waals surface area contributed by atoms with Gasteiger partial charge in [-0.3, -0.25) is 0 Å². The highest BCUT2D eigenvalue weighted by Crippen LogP contribution is 2.10. The second-order valence-corrected chi connectivity index (χ2v) is 3.20. The zero-order valence-electron chi connectivity index (χ0n) is 7.81. The van der Waals surface area contributed by atoms with Gasteiger partial charge in [0.15, 0.2) is 0 Å². The molecule has 0 saturated heterocycles. The average molecular weight is 191 g/mol. The zero-order valence-corrected chi connectivity index (χ0v) is 7.81. The third-order valence-corrected chi connectivity index (χ3v) is 2.01. The van der Waals surface area contributed by atoms with Crippen molar-refractivity contribution in [2.24, 2.45) is 0 Å². The van der Waals surface area contributed by atoms with E-state index in [0.29, 0.717) is 12.1 Å². The van der Waals surface area contributed by atoms with Gasteiger partial charge in [-0.2, -0.15) is 0 Å². The van der Waals surface area contributed by atoms with E-state index >= 15 is 0 Å². The van der Waals surface area contributed by atoms with Gasteiger partial charge in [0.25, 0.3) is 0 Å². The van der Waals surface area contributed by atoms with Crippen molar-refractivity contribution < 1.29 is 4.39 Å². The predicted molar refractivity (Wildman–Crippen MR) is 50.3 cm³/mol. The fraction of sp³-hybridized carbons (Fsp3) is 0.200. The van der Waals surface area contributed by atoms with Crippen molar-refractivity contribution in [3.63, 3.8) is 0 Å². The van der Waals surface area contributed by atoms with E-state index in [1.165, 1.54) is 6.07 Å². The van der Waals surface area contributed by atoms with Gasteiger partial charge in [-0.05, 0) is 13.0 Å². The lowest BCUT2D eigenvalue weighted by atomic mass is 10.1. The lowest BCUT2D eigenvalue weighted by Crippen LogP contribution is -2.03. The Morgan fingerprint density at radius 3 is 3.00 bits per heavy atom. The predicted octanol–water partition coefficient (Wildman–Crippen LogP) is 1.77. The van der Waals surface area contributed by atoms with Crippen molar-refractivity contribution in [1.82, 2.24) is 15.0 Å². The van der Waals surface area contributed by atoms with Crippen LogP contribution in [0.5, 0.6) is 0 Å². The molecule has 0 atom stereocenters. The van der Waals surface area contributed by atoms with Crippen LogP contribution in [0.2, 0.25) is 0 Å². The lowest BCUT2D eigenvalue weighted by Gasteiger charge is -2.03. The molecule has 0 amide bonds. The summed E-state index contributed by atoms with van der Waals surface area (Å²) in [6, 6.07) is 5.04. The normalized spacial score (nSPS) is 10.4. The van der Waals surface area contributed by atoms with E-state index in [0.717, 1.165) is 5.56 Å². The Morgan fingerprint density at radius 1 is 1.43 bits per heavy atom. The van der Waals surface area contributed by atoms with Crippen molar-refractivity contribution in [3.8, 4) is 0 Å². The van der Waals surface area contributed by atoms with Gasteiger partial charge in [0.1, 0.15) is 5.82 Å². The lowest BCUT2D eigenvalue weighted by molar-refractivity contribution is 0.576. The van der Waals surface area contributed by atoms with E-state index in [1.807, 2.05) is 13.0 Å². The van der Waals surface area contributed by atoms with E-state index in [4.69, 9.17) is 0 Å². The smallest absolute Gasteiger partial charge is 0.128 e. The van der Waals surface area contributed by atoms with E-state index in [1.54, 1.807) is 23.1 Å². The minimum Gasteiger partial charge on any atom is -0.248 e. The summed E-state index contributed by atoms with van der Waals surface area (Å²) in [4.78, 5) is 0. The minimum absolute atomic E-state index is 0.203. The summed E-state index contributed by atoms with van der Waals surface area (Å²) < 4.78 is 14.9. The van der Waals surface area contributed by atoms with Crippen LogP contribution in [0.15, 0.2) is 30.6 Å². The monoisotopic (exact) mass is 191 g/mol. The zero-order chi connectivity index (χ0) is 9.97. The summed E-state index contributed by atoms with van der Waals surface area (Å²) in [5.41, 5.74) is 1.68. The Bertz CT molecular complexity index is 423. The highest BCUT2D eigenvalue weighted by molar-refractivity contribution is 5.24. The van der Waals surface area contributed by atoms with Crippen LogP contribution < -0.4 is 0 Å². The Balaban J connectivity index is 2.28. The summed E-state index contributed by atoms with van der Waals surface area (Å²) in [5.74, 6) is -0.203. The second kappa shape index (κ2) is 3.57. The van der Waals surface area contributed by atoms with Crippen molar-refractivity contribution >= 4 is 0 Å². The van der Waals surface area contributed by atoms with Crippen LogP contribution in [-0.2, 0) is 6.54 Å². The third kappa shape index (κ3) is 1.79. The molecule has 72 valence electrons. The van der Waals surface area contributed by atoms with E-state index in [9.17, 15) is 4.39 Å². The van der Waals surface area contributed by atoms with E-state index < -0.39 is 0 Å². The standard InChI is InChI=1S/C10H10FN3/c1-8-2-3-10(11)9(6-8)7-14-5-4-12-13-14/h2-6H,7H2,1H3. The first kappa shape index (κ1) is 8.87. The number of halogens is 1. The molecule has 1 aromatic carbocycles.